The van der Waals surface area contributed by atoms with Crippen LogP contribution in [0.3, 0.4) is 0 Å². The maximum atomic E-state index is 12.8. The molecule has 1 aromatic rings. The van der Waals surface area contributed by atoms with Crippen molar-refractivity contribution >= 4 is 11.9 Å². The Morgan fingerprint density at radius 2 is 1.76 bits per heavy atom. The molecule has 33 heavy (non-hydrogen) atoms. The standard InChI is InChI=1S/C22H32N2O2.C2HF3O2/c1-15(2)12-24-13-19-17-5-3-4-6-18(17)22(20(19)14-24)23-21(25)11-16-7-9-26-10-8-16;3-2(4,5)1(6)7/h3-6,15-16,19-20,22H,7-14H2,1-2H3,(H,23,25);(H,6,7)/t19-,20-,22+;/m0./s1. The number of carboxylic acids is 1. The number of hydrogen-bond acceptors (Lipinski definition) is 4. The summed E-state index contributed by atoms with van der Waals surface area (Å²) in [6.07, 6.45) is -2.40. The summed E-state index contributed by atoms with van der Waals surface area (Å²) < 4.78 is 37.2. The van der Waals surface area contributed by atoms with Crippen LogP contribution in [0.5, 0.6) is 0 Å². The monoisotopic (exact) mass is 470 g/mol. The first-order valence-corrected chi connectivity index (χ1v) is 11.5. The van der Waals surface area contributed by atoms with Crippen molar-refractivity contribution in [3.63, 3.8) is 0 Å². The molecule has 0 aromatic heterocycles. The molecule has 2 aliphatic heterocycles. The molecule has 2 heterocycles. The van der Waals surface area contributed by atoms with Crippen LogP contribution >= 0.6 is 0 Å². The lowest BCUT2D eigenvalue weighted by molar-refractivity contribution is -0.192. The summed E-state index contributed by atoms with van der Waals surface area (Å²) in [5.74, 6) is -0.280. The highest BCUT2D eigenvalue weighted by molar-refractivity contribution is 5.77. The molecule has 0 radical (unpaired) electrons. The van der Waals surface area contributed by atoms with Crippen LogP contribution in [0.15, 0.2) is 24.3 Å². The Balaban J connectivity index is 0.000000383. The first-order chi connectivity index (χ1) is 15.6. The third-order valence-electron chi connectivity index (χ3n) is 6.60. The Bertz CT molecular complexity index is 824. The lowest BCUT2D eigenvalue weighted by Crippen LogP contribution is -2.35. The molecule has 2 fully saturated rings. The minimum Gasteiger partial charge on any atom is -0.475 e. The van der Waals surface area contributed by atoms with E-state index in [1.165, 1.54) is 11.1 Å². The summed E-state index contributed by atoms with van der Waals surface area (Å²) in [4.78, 5) is 24.2. The van der Waals surface area contributed by atoms with Crippen molar-refractivity contribution in [3.8, 4) is 0 Å². The average molecular weight is 471 g/mol. The van der Waals surface area contributed by atoms with Crippen LogP contribution in [0, 0.1) is 17.8 Å². The molecule has 4 rings (SSSR count). The van der Waals surface area contributed by atoms with Gasteiger partial charge in [0.25, 0.3) is 0 Å². The lowest BCUT2D eigenvalue weighted by atomic mass is 9.93. The number of carboxylic acid groups (broad SMARTS) is 1. The number of rotatable bonds is 5. The van der Waals surface area contributed by atoms with E-state index in [9.17, 15) is 18.0 Å². The number of carbonyl (C=O) groups is 2. The maximum absolute atomic E-state index is 12.8. The first kappa shape index (κ1) is 25.5. The number of benzene rings is 1. The Hall–Kier alpha value is -2.13. The van der Waals surface area contributed by atoms with E-state index in [-0.39, 0.29) is 11.9 Å². The van der Waals surface area contributed by atoms with Crippen molar-refractivity contribution in [2.45, 2.75) is 51.2 Å². The van der Waals surface area contributed by atoms with Crippen molar-refractivity contribution < 1.29 is 32.6 Å². The van der Waals surface area contributed by atoms with Gasteiger partial charge in [-0.2, -0.15) is 13.2 Å². The summed E-state index contributed by atoms with van der Waals surface area (Å²) in [7, 11) is 0. The van der Waals surface area contributed by atoms with Crippen molar-refractivity contribution in [2.24, 2.45) is 17.8 Å². The number of nitrogens with one attached hydrogen (secondary N) is 1. The van der Waals surface area contributed by atoms with Gasteiger partial charge in [0, 0.05) is 51.1 Å². The van der Waals surface area contributed by atoms with Gasteiger partial charge >= 0.3 is 12.1 Å². The molecule has 1 aromatic carbocycles. The van der Waals surface area contributed by atoms with Gasteiger partial charge < -0.3 is 20.1 Å². The number of aliphatic carboxylic acids is 1. The topological polar surface area (TPSA) is 78.9 Å². The quantitative estimate of drug-likeness (QED) is 0.681. The lowest BCUT2D eigenvalue weighted by Gasteiger charge is -2.26. The number of likely N-dealkylation sites (tertiary alicyclic amines) is 1. The molecule has 0 bridgehead atoms. The molecule has 6 nitrogen and oxygen atoms in total. The summed E-state index contributed by atoms with van der Waals surface area (Å²) in [6.45, 7) is 9.56. The minimum atomic E-state index is -5.08. The summed E-state index contributed by atoms with van der Waals surface area (Å²) in [5, 5.41) is 10.5. The van der Waals surface area contributed by atoms with Gasteiger partial charge in [-0.1, -0.05) is 38.1 Å². The van der Waals surface area contributed by atoms with Gasteiger partial charge in [-0.15, -0.1) is 0 Å². The maximum Gasteiger partial charge on any atom is 0.490 e. The second-order valence-corrected chi connectivity index (χ2v) is 9.62. The number of fused-ring (bicyclic) bond motifs is 3. The zero-order chi connectivity index (χ0) is 24.2. The highest BCUT2D eigenvalue weighted by Gasteiger charge is 2.46. The van der Waals surface area contributed by atoms with E-state index in [4.69, 9.17) is 14.6 Å². The van der Waals surface area contributed by atoms with E-state index in [0.29, 0.717) is 30.1 Å². The van der Waals surface area contributed by atoms with Crippen molar-refractivity contribution in [3.05, 3.63) is 35.4 Å². The number of halogens is 3. The van der Waals surface area contributed by atoms with Crippen LogP contribution in [-0.4, -0.2) is 60.9 Å². The largest absolute Gasteiger partial charge is 0.490 e. The van der Waals surface area contributed by atoms with Crippen molar-refractivity contribution in [1.82, 2.24) is 10.2 Å². The molecule has 0 unspecified atom stereocenters. The molecule has 0 spiro atoms. The van der Waals surface area contributed by atoms with Crippen LogP contribution in [0.2, 0.25) is 0 Å². The molecule has 2 saturated heterocycles. The van der Waals surface area contributed by atoms with Gasteiger partial charge in [0.2, 0.25) is 5.91 Å². The molecule has 3 atom stereocenters. The van der Waals surface area contributed by atoms with Gasteiger partial charge in [-0.25, -0.2) is 4.79 Å². The van der Waals surface area contributed by atoms with Crippen molar-refractivity contribution in [2.75, 3.05) is 32.8 Å². The van der Waals surface area contributed by atoms with Gasteiger partial charge in [0.15, 0.2) is 0 Å². The first-order valence-electron chi connectivity index (χ1n) is 11.5. The molecule has 9 heteroatoms. The number of nitrogens with zero attached hydrogens (tertiary/aromatic N) is 1. The Morgan fingerprint density at radius 1 is 1.15 bits per heavy atom. The van der Waals surface area contributed by atoms with E-state index < -0.39 is 12.1 Å². The number of amides is 1. The van der Waals surface area contributed by atoms with Crippen LogP contribution in [-0.2, 0) is 14.3 Å². The Labute approximate surface area is 192 Å². The highest BCUT2D eigenvalue weighted by atomic mass is 19.4. The summed E-state index contributed by atoms with van der Waals surface area (Å²) in [6, 6.07) is 8.94. The van der Waals surface area contributed by atoms with Gasteiger partial charge in [0.1, 0.15) is 0 Å². The SMILES string of the molecule is CC(C)CN1C[C@@H]2[C@H](NC(=O)CC3CCOCC3)c3ccccc3[C@@H]2C1.O=C(O)C(F)(F)F. The fraction of sp³-hybridized carbons (Fsp3) is 0.667. The van der Waals surface area contributed by atoms with Gasteiger partial charge in [-0.3, -0.25) is 4.79 Å². The molecular formula is C24H33F3N2O4. The predicted octanol–water partition coefficient (Wildman–Crippen LogP) is 3.98. The molecule has 0 saturated carbocycles. The number of hydrogen-bond donors (Lipinski definition) is 2. The van der Waals surface area contributed by atoms with E-state index in [0.717, 1.165) is 45.7 Å². The molecule has 3 aliphatic rings. The third kappa shape index (κ3) is 6.69. The Kier molecular flexibility index (Phi) is 8.39. The van der Waals surface area contributed by atoms with E-state index in [1.54, 1.807) is 0 Å². The van der Waals surface area contributed by atoms with Crippen LogP contribution in [0.4, 0.5) is 13.2 Å². The van der Waals surface area contributed by atoms with Crippen molar-refractivity contribution in [1.29, 1.82) is 0 Å². The molecule has 2 N–H and O–H groups in total. The number of ether oxygens (including phenoxy) is 1. The molecule has 184 valence electrons. The molecule has 1 aliphatic carbocycles. The zero-order valence-electron chi connectivity index (χ0n) is 19.1. The normalized spacial score (nSPS) is 25.2. The fourth-order valence-corrected chi connectivity index (χ4v) is 5.24. The van der Waals surface area contributed by atoms with E-state index in [1.807, 2.05) is 0 Å². The zero-order valence-corrected chi connectivity index (χ0v) is 19.1. The van der Waals surface area contributed by atoms with Crippen LogP contribution in [0.25, 0.3) is 0 Å². The molecular weight excluding hydrogens is 437 g/mol. The average Bonchev–Trinajstić information content (AvgIpc) is 3.26. The number of alkyl halides is 3. The van der Waals surface area contributed by atoms with Crippen LogP contribution in [0.1, 0.15) is 56.2 Å². The highest BCUT2D eigenvalue weighted by Crippen LogP contribution is 2.49. The smallest absolute Gasteiger partial charge is 0.475 e. The third-order valence-corrected chi connectivity index (χ3v) is 6.60. The van der Waals surface area contributed by atoms with Gasteiger partial charge in [-0.05, 0) is 35.8 Å². The predicted molar refractivity (Wildman–Crippen MR) is 117 cm³/mol. The second-order valence-electron chi connectivity index (χ2n) is 9.62. The Morgan fingerprint density at radius 3 is 2.33 bits per heavy atom. The van der Waals surface area contributed by atoms with E-state index in [2.05, 4.69) is 48.3 Å². The minimum absolute atomic E-state index is 0.181. The number of carbonyl (C=O) groups excluding carboxylic acids is 1. The van der Waals surface area contributed by atoms with Gasteiger partial charge in [0.05, 0.1) is 6.04 Å². The summed E-state index contributed by atoms with van der Waals surface area (Å²) in [5.41, 5.74) is 2.81. The molecule has 1 amide bonds. The summed E-state index contributed by atoms with van der Waals surface area (Å²) >= 11 is 0. The van der Waals surface area contributed by atoms with Crippen LogP contribution < -0.4 is 5.32 Å². The fourth-order valence-electron chi connectivity index (χ4n) is 5.24. The second kappa shape index (κ2) is 10.9. The van der Waals surface area contributed by atoms with E-state index >= 15 is 0 Å².